The lowest BCUT2D eigenvalue weighted by atomic mass is 9.98. The maximum absolute atomic E-state index is 13.6. The van der Waals surface area contributed by atoms with Gasteiger partial charge in [0.15, 0.2) is 0 Å². The summed E-state index contributed by atoms with van der Waals surface area (Å²) in [5.41, 5.74) is 3.08. The third-order valence-corrected chi connectivity index (χ3v) is 7.76. The SMILES string of the molecule is CCOc1ccc(N(CC(=O)NC(c2ccccc2)c2ccc(C)cc2)S(=O)(=O)c2ccc(F)cc2)cc1. The first-order chi connectivity index (χ1) is 18.3. The van der Waals surface area contributed by atoms with Crippen molar-refractivity contribution in [1.29, 1.82) is 0 Å². The molecule has 0 aliphatic heterocycles. The number of hydrogen-bond donors (Lipinski definition) is 1. The zero-order valence-electron chi connectivity index (χ0n) is 21.2. The Kier molecular flexibility index (Phi) is 8.43. The Bertz CT molecular complexity index is 1460. The number of carbonyl (C=O) groups is 1. The molecule has 0 fully saturated rings. The molecule has 0 saturated heterocycles. The number of benzene rings is 4. The van der Waals surface area contributed by atoms with Crippen LogP contribution in [0.1, 0.15) is 29.7 Å². The van der Waals surface area contributed by atoms with Crippen LogP contribution in [0.4, 0.5) is 10.1 Å². The number of anilines is 1. The largest absolute Gasteiger partial charge is 0.494 e. The van der Waals surface area contributed by atoms with Crippen LogP contribution in [0.2, 0.25) is 0 Å². The van der Waals surface area contributed by atoms with E-state index in [-0.39, 0.29) is 10.6 Å². The number of halogens is 1. The van der Waals surface area contributed by atoms with Gasteiger partial charge in [-0.2, -0.15) is 0 Å². The minimum absolute atomic E-state index is 0.126. The number of amides is 1. The van der Waals surface area contributed by atoms with Crippen LogP contribution in [0.3, 0.4) is 0 Å². The molecule has 0 bridgehead atoms. The second-order valence-corrected chi connectivity index (χ2v) is 10.6. The van der Waals surface area contributed by atoms with Crippen molar-refractivity contribution in [2.45, 2.75) is 24.8 Å². The van der Waals surface area contributed by atoms with E-state index in [2.05, 4.69) is 5.32 Å². The highest BCUT2D eigenvalue weighted by molar-refractivity contribution is 7.92. The summed E-state index contributed by atoms with van der Waals surface area (Å²) in [6.45, 7) is 3.80. The summed E-state index contributed by atoms with van der Waals surface area (Å²) in [5, 5.41) is 3.00. The molecule has 1 atom stereocenters. The highest BCUT2D eigenvalue weighted by Gasteiger charge is 2.28. The third-order valence-electron chi connectivity index (χ3n) is 5.97. The van der Waals surface area contributed by atoms with Gasteiger partial charge in [-0.05, 0) is 73.5 Å². The Morgan fingerprint density at radius 3 is 2.08 bits per heavy atom. The second kappa shape index (κ2) is 11.9. The number of carbonyl (C=O) groups excluding carboxylic acids is 1. The average Bonchev–Trinajstić information content (AvgIpc) is 2.92. The highest BCUT2D eigenvalue weighted by atomic mass is 32.2. The van der Waals surface area contributed by atoms with Gasteiger partial charge in [0.1, 0.15) is 18.1 Å². The Labute approximate surface area is 222 Å². The molecule has 4 aromatic rings. The van der Waals surface area contributed by atoms with Crippen LogP contribution in [0.25, 0.3) is 0 Å². The molecule has 0 radical (unpaired) electrons. The maximum atomic E-state index is 13.6. The Balaban J connectivity index is 1.67. The van der Waals surface area contributed by atoms with Crippen molar-refractivity contribution in [3.05, 3.63) is 126 Å². The van der Waals surface area contributed by atoms with Crippen molar-refractivity contribution in [1.82, 2.24) is 5.32 Å². The smallest absolute Gasteiger partial charge is 0.264 e. The van der Waals surface area contributed by atoms with Crippen LogP contribution >= 0.6 is 0 Å². The summed E-state index contributed by atoms with van der Waals surface area (Å²) in [6.07, 6.45) is 0. The lowest BCUT2D eigenvalue weighted by molar-refractivity contribution is -0.120. The number of hydrogen-bond acceptors (Lipinski definition) is 4. The van der Waals surface area contributed by atoms with E-state index < -0.39 is 34.3 Å². The standard InChI is InChI=1S/C30H29FN2O4S/c1-3-37-27-17-15-26(16-18-27)33(38(35,36)28-19-13-25(31)14-20-28)21-29(34)32-30(23-7-5-4-6-8-23)24-11-9-22(2)10-12-24/h4-20,30H,3,21H2,1-2H3,(H,32,34). The first kappa shape index (κ1) is 26.9. The molecule has 0 heterocycles. The predicted octanol–water partition coefficient (Wildman–Crippen LogP) is 5.63. The summed E-state index contributed by atoms with van der Waals surface area (Å²) < 4.78 is 47.3. The van der Waals surface area contributed by atoms with E-state index in [1.807, 2.05) is 68.4 Å². The van der Waals surface area contributed by atoms with Crippen molar-refractivity contribution in [2.24, 2.45) is 0 Å². The lowest BCUT2D eigenvalue weighted by Crippen LogP contribution is -2.42. The topological polar surface area (TPSA) is 75.7 Å². The summed E-state index contributed by atoms with van der Waals surface area (Å²) >= 11 is 0. The molecular formula is C30H29FN2O4S. The fraction of sp³-hybridized carbons (Fsp3) is 0.167. The number of aryl methyl sites for hydroxylation is 1. The second-order valence-electron chi connectivity index (χ2n) is 8.71. The minimum Gasteiger partial charge on any atom is -0.494 e. The van der Waals surface area contributed by atoms with Crippen LogP contribution in [0.15, 0.2) is 108 Å². The molecule has 8 heteroatoms. The Hall–Kier alpha value is -4.17. The highest BCUT2D eigenvalue weighted by Crippen LogP contribution is 2.27. The molecular weight excluding hydrogens is 503 g/mol. The molecule has 196 valence electrons. The molecule has 1 unspecified atom stereocenters. The van der Waals surface area contributed by atoms with Crippen molar-refractivity contribution in [3.63, 3.8) is 0 Å². The number of nitrogens with one attached hydrogen (secondary N) is 1. The van der Waals surface area contributed by atoms with Gasteiger partial charge in [0, 0.05) is 0 Å². The van der Waals surface area contributed by atoms with Crippen molar-refractivity contribution in [2.75, 3.05) is 17.5 Å². The number of nitrogens with zero attached hydrogens (tertiary/aromatic N) is 1. The van der Waals surface area contributed by atoms with Gasteiger partial charge in [0.2, 0.25) is 5.91 Å². The predicted molar refractivity (Wildman–Crippen MR) is 146 cm³/mol. The van der Waals surface area contributed by atoms with E-state index >= 15 is 0 Å². The third kappa shape index (κ3) is 6.39. The summed E-state index contributed by atoms with van der Waals surface area (Å²) in [6, 6.07) is 27.7. The quantitative estimate of drug-likeness (QED) is 0.287. The minimum atomic E-state index is -4.20. The molecule has 1 amide bonds. The van der Waals surface area contributed by atoms with Crippen LogP contribution < -0.4 is 14.4 Å². The molecule has 4 aromatic carbocycles. The lowest BCUT2D eigenvalue weighted by Gasteiger charge is -2.26. The van der Waals surface area contributed by atoms with Crippen LogP contribution in [0.5, 0.6) is 5.75 Å². The molecule has 4 rings (SSSR count). The molecule has 1 N–H and O–H groups in total. The molecule has 0 spiro atoms. The molecule has 0 aliphatic rings. The molecule has 6 nitrogen and oxygen atoms in total. The van der Waals surface area contributed by atoms with Gasteiger partial charge >= 0.3 is 0 Å². The fourth-order valence-corrected chi connectivity index (χ4v) is 5.45. The van der Waals surface area contributed by atoms with Gasteiger partial charge in [0.25, 0.3) is 10.0 Å². The van der Waals surface area contributed by atoms with Gasteiger partial charge in [0.05, 0.1) is 23.2 Å². The molecule has 0 saturated carbocycles. The number of ether oxygens (including phenoxy) is 1. The van der Waals surface area contributed by atoms with Gasteiger partial charge < -0.3 is 10.1 Å². The monoisotopic (exact) mass is 532 g/mol. The molecule has 38 heavy (non-hydrogen) atoms. The van der Waals surface area contributed by atoms with Crippen molar-refractivity contribution >= 4 is 21.6 Å². The first-order valence-electron chi connectivity index (χ1n) is 12.2. The fourth-order valence-electron chi connectivity index (χ4n) is 4.02. The zero-order valence-corrected chi connectivity index (χ0v) is 22.0. The van der Waals surface area contributed by atoms with Gasteiger partial charge in [-0.3, -0.25) is 9.10 Å². The Morgan fingerprint density at radius 2 is 1.47 bits per heavy atom. The number of rotatable bonds is 10. The number of sulfonamides is 1. The van der Waals surface area contributed by atoms with E-state index in [1.54, 1.807) is 24.3 Å². The average molecular weight is 533 g/mol. The van der Waals surface area contributed by atoms with E-state index in [9.17, 15) is 17.6 Å². The van der Waals surface area contributed by atoms with E-state index in [0.29, 0.717) is 12.4 Å². The maximum Gasteiger partial charge on any atom is 0.264 e. The van der Waals surface area contributed by atoms with Crippen LogP contribution in [-0.4, -0.2) is 27.5 Å². The zero-order chi connectivity index (χ0) is 27.1. The normalized spacial score (nSPS) is 12.0. The van der Waals surface area contributed by atoms with Crippen LogP contribution in [0, 0.1) is 12.7 Å². The Morgan fingerprint density at radius 1 is 0.868 bits per heavy atom. The van der Waals surface area contributed by atoms with Crippen molar-refractivity contribution in [3.8, 4) is 5.75 Å². The van der Waals surface area contributed by atoms with E-state index in [1.165, 1.54) is 12.1 Å². The summed E-state index contributed by atoms with van der Waals surface area (Å²) in [7, 11) is -4.20. The first-order valence-corrected chi connectivity index (χ1v) is 13.6. The van der Waals surface area contributed by atoms with E-state index in [4.69, 9.17) is 4.74 Å². The van der Waals surface area contributed by atoms with Crippen molar-refractivity contribution < 1.29 is 22.3 Å². The van der Waals surface area contributed by atoms with Gasteiger partial charge in [-0.1, -0.05) is 60.2 Å². The molecule has 0 aromatic heterocycles. The van der Waals surface area contributed by atoms with E-state index in [0.717, 1.165) is 33.1 Å². The summed E-state index contributed by atoms with van der Waals surface area (Å²) in [4.78, 5) is 13.3. The van der Waals surface area contributed by atoms with Crippen LogP contribution in [-0.2, 0) is 14.8 Å². The molecule has 0 aliphatic carbocycles. The summed E-state index contributed by atoms with van der Waals surface area (Å²) in [5.74, 6) is -0.486. The van der Waals surface area contributed by atoms with Gasteiger partial charge in [-0.25, -0.2) is 12.8 Å². The van der Waals surface area contributed by atoms with Gasteiger partial charge in [-0.15, -0.1) is 0 Å².